The van der Waals surface area contributed by atoms with E-state index in [0.29, 0.717) is 6.54 Å². The fraction of sp³-hybridized carbons (Fsp3) is 0.462. The number of rotatable bonds is 6. The molecule has 3 N–H and O–H groups in total. The van der Waals surface area contributed by atoms with Gasteiger partial charge in [-0.05, 0) is 18.4 Å². The maximum Gasteiger partial charge on any atom is 0.236 e. The standard InChI is InChI=1S/C13H20N2O/c1-2-6-12(14)13(16)15-10-9-11-7-4-3-5-8-11/h3-5,7-8,12H,2,6,9-10,14H2,1H3,(H,15,16). The van der Waals surface area contributed by atoms with E-state index in [4.69, 9.17) is 5.73 Å². The lowest BCUT2D eigenvalue weighted by atomic mass is 10.1. The Balaban J connectivity index is 2.23. The molecule has 0 heterocycles. The van der Waals surface area contributed by atoms with Crippen LogP contribution in [0.4, 0.5) is 0 Å². The number of carbonyl (C=O) groups is 1. The van der Waals surface area contributed by atoms with Crippen LogP contribution in [-0.4, -0.2) is 18.5 Å². The number of benzene rings is 1. The Kier molecular flexibility index (Phi) is 5.57. The van der Waals surface area contributed by atoms with E-state index in [9.17, 15) is 4.79 Å². The van der Waals surface area contributed by atoms with E-state index in [1.807, 2.05) is 25.1 Å². The SMILES string of the molecule is CCCC(N)C(=O)NCCc1ccccc1. The van der Waals surface area contributed by atoms with Gasteiger partial charge in [0.2, 0.25) is 5.91 Å². The number of hydrogen-bond donors (Lipinski definition) is 2. The molecule has 1 amide bonds. The number of amides is 1. The third kappa shape index (κ3) is 4.45. The molecule has 0 aliphatic heterocycles. The van der Waals surface area contributed by atoms with E-state index in [1.54, 1.807) is 0 Å². The van der Waals surface area contributed by atoms with Crippen molar-refractivity contribution in [1.82, 2.24) is 5.32 Å². The van der Waals surface area contributed by atoms with E-state index in [0.717, 1.165) is 19.3 Å². The van der Waals surface area contributed by atoms with Gasteiger partial charge in [-0.3, -0.25) is 4.79 Å². The molecule has 0 aliphatic carbocycles. The smallest absolute Gasteiger partial charge is 0.236 e. The van der Waals surface area contributed by atoms with Crippen LogP contribution in [0.2, 0.25) is 0 Å². The molecular formula is C13H20N2O. The highest BCUT2D eigenvalue weighted by Gasteiger charge is 2.10. The molecule has 0 bridgehead atoms. The maximum atomic E-state index is 11.5. The lowest BCUT2D eigenvalue weighted by molar-refractivity contribution is -0.122. The number of nitrogens with one attached hydrogen (secondary N) is 1. The molecule has 1 atom stereocenters. The minimum Gasteiger partial charge on any atom is -0.354 e. The van der Waals surface area contributed by atoms with Gasteiger partial charge in [-0.15, -0.1) is 0 Å². The summed E-state index contributed by atoms with van der Waals surface area (Å²) >= 11 is 0. The van der Waals surface area contributed by atoms with Gasteiger partial charge in [-0.1, -0.05) is 43.7 Å². The van der Waals surface area contributed by atoms with Gasteiger partial charge in [0.15, 0.2) is 0 Å². The quantitative estimate of drug-likeness (QED) is 0.763. The predicted molar refractivity (Wildman–Crippen MR) is 66.0 cm³/mol. The Morgan fingerprint density at radius 3 is 2.69 bits per heavy atom. The lowest BCUT2D eigenvalue weighted by Gasteiger charge is -2.10. The Hall–Kier alpha value is -1.35. The first kappa shape index (κ1) is 12.7. The van der Waals surface area contributed by atoms with Crippen molar-refractivity contribution in [3.8, 4) is 0 Å². The predicted octanol–water partition coefficient (Wildman–Crippen LogP) is 1.47. The average molecular weight is 220 g/mol. The first-order valence-corrected chi connectivity index (χ1v) is 5.81. The second kappa shape index (κ2) is 7.01. The Morgan fingerprint density at radius 2 is 2.06 bits per heavy atom. The van der Waals surface area contributed by atoms with Crippen molar-refractivity contribution in [1.29, 1.82) is 0 Å². The summed E-state index contributed by atoms with van der Waals surface area (Å²) in [5.74, 6) is -0.0437. The summed E-state index contributed by atoms with van der Waals surface area (Å²) in [5.41, 5.74) is 6.92. The third-order valence-corrected chi connectivity index (χ3v) is 2.49. The zero-order valence-electron chi connectivity index (χ0n) is 9.78. The van der Waals surface area contributed by atoms with Crippen LogP contribution in [0.25, 0.3) is 0 Å². The van der Waals surface area contributed by atoms with Crippen LogP contribution in [0.15, 0.2) is 30.3 Å². The van der Waals surface area contributed by atoms with Gasteiger partial charge in [0.1, 0.15) is 0 Å². The fourth-order valence-electron chi connectivity index (χ4n) is 1.55. The second-order valence-corrected chi connectivity index (χ2v) is 3.92. The van der Waals surface area contributed by atoms with Gasteiger partial charge in [-0.25, -0.2) is 0 Å². The van der Waals surface area contributed by atoms with E-state index in [-0.39, 0.29) is 11.9 Å². The van der Waals surface area contributed by atoms with Crippen molar-refractivity contribution in [2.24, 2.45) is 5.73 Å². The molecule has 0 aromatic heterocycles. The van der Waals surface area contributed by atoms with Gasteiger partial charge in [0.25, 0.3) is 0 Å². The molecule has 0 spiro atoms. The molecule has 0 aliphatic rings. The summed E-state index contributed by atoms with van der Waals surface area (Å²) in [6.45, 7) is 2.68. The first-order chi connectivity index (χ1) is 7.74. The highest BCUT2D eigenvalue weighted by atomic mass is 16.2. The van der Waals surface area contributed by atoms with Crippen molar-refractivity contribution in [3.05, 3.63) is 35.9 Å². The fourth-order valence-corrected chi connectivity index (χ4v) is 1.55. The van der Waals surface area contributed by atoms with E-state index in [1.165, 1.54) is 5.56 Å². The summed E-state index contributed by atoms with van der Waals surface area (Å²) in [5, 5.41) is 2.85. The minimum absolute atomic E-state index is 0.0437. The van der Waals surface area contributed by atoms with Gasteiger partial charge >= 0.3 is 0 Å². The third-order valence-electron chi connectivity index (χ3n) is 2.49. The molecule has 0 saturated heterocycles. The Labute approximate surface area is 97.0 Å². The van der Waals surface area contributed by atoms with Gasteiger partial charge in [0, 0.05) is 6.54 Å². The topological polar surface area (TPSA) is 55.1 Å². The summed E-state index contributed by atoms with van der Waals surface area (Å²) in [6.07, 6.45) is 2.54. The van der Waals surface area contributed by atoms with E-state index >= 15 is 0 Å². The lowest BCUT2D eigenvalue weighted by Crippen LogP contribution is -2.41. The van der Waals surface area contributed by atoms with Crippen molar-refractivity contribution < 1.29 is 4.79 Å². The number of hydrogen-bond acceptors (Lipinski definition) is 2. The molecule has 1 aromatic rings. The summed E-state index contributed by atoms with van der Waals surface area (Å²) in [7, 11) is 0. The minimum atomic E-state index is -0.360. The van der Waals surface area contributed by atoms with Crippen LogP contribution in [0.3, 0.4) is 0 Å². The molecule has 88 valence electrons. The molecule has 3 heteroatoms. The molecule has 1 aromatic carbocycles. The molecule has 1 rings (SSSR count). The molecule has 0 radical (unpaired) electrons. The maximum absolute atomic E-state index is 11.5. The van der Waals surface area contributed by atoms with Gasteiger partial charge in [0.05, 0.1) is 6.04 Å². The molecule has 16 heavy (non-hydrogen) atoms. The van der Waals surface area contributed by atoms with Crippen LogP contribution in [0.1, 0.15) is 25.3 Å². The van der Waals surface area contributed by atoms with Gasteiger partial charge < -0.3 is 11.1 Å². The molecular weight excluding hydrogens is 200 g/mol. The second-order valence-electron chi connectivity index (χ2n) is 3.92. The molecule has 0 saturated carbocycles. The number of carbonyl (C=O) groups excluding carboxylic acids is 1. The monoisotopic (exact) mass is 220 g/mol. The highest BCUT2D eigenvalue weighted by Crippen LogP contribution is 1.98. The largest absolute Gasteiger partial charge is 0.354 e. The van der Waals surface area contributed by atoms with Crippen LogP contribution < -0.4 is 11.1 Å². The average Bonchev–Trinajstić information content (AvgIpc) is 2.30. The van der Waals surface area contributed by atoms with Crippen molar-refractivity contribution in [2.75, 3.05) is 6.54 Å². The molecule has 0 fully saturated rings. The zero-order chi connectivity index (χ0) is 11.8. The first-order valence-electron chi connectivity index (χ1n) is 5.81. The summed E-state index contributed by atoms with van der Waals surface area (Å²) < 4.78 is 0. The highest BCUT2D eigenvalue weighted by molar-refractivity contribution is 5.81. The van der Waals surface area contributed by atoms with Crippen molar-refractivity contribution in [2.45, 2.75) is 32.2 Å². The van der Waals surface area contributed by atoms with Crippen LogP contribution in [-0.2, 0) is 11.2 Å². The normalized spacial score (nSPS) is 12.1. The summed E-state index contributed by atoms with van der Waals surface area (Å²) in [4.78, 5) is 11.5. The van der Waals surface area contributed by atoms with Crippen molar-refractivity contribution in [3.63, 3.8) is 0 Å². The van der Waals surface area contributed by atoms with Crippen molar-refractivity contribution >= 4 is 5.91 Å². The van der Waals surface area contributed by atoms with Crippen LogP contribution >= 0.6 is 0 Å². The van der Waals surface area contributed by atoms with Crippen LogP contribution in [0, 0.1) is 0 Å². The van der Waals surface area contributed by atoms with Gasteiger partial charge in [-0.2, -0.15) is 0 Å². The van der Waals surface area contributed by atoms with Crippen LogP contribution in [0.5, 0.6) is 0 Å². The molecule has 1 unspecified atom stereocenters. The summed E-state index contributed by atoms with van der Waals surface area (Å²) in [6, 6.07) is 9.73. The van der Waals surface area contributed by atoms with E-state index < -0.39 is 0 Å². The Morgan fingerprint density at radius 1 is 1.38 bits per heavy atom. The molecule has 3 nitrogen and oxygen atoms in total. The number of nitrogens with two attached hydrogens (primary N) is 1. The van der Waals surface area contributed by atoms with E-state index in [2.05, 4.69) is 17.4 Å². The zero-order valence-corrected chi connectivity index (χ0v) is 9.78. The Bertz CT molecular complexity index is 311.